The van der Waals surface area contributed by atoms with E-state index in [1.807, 2.05) is 19.0 Å². The summed E-state index contributed by atoms with van der Waals surface area (Å²) in [5.41, 5.74) is 2.27. The van der Waals surface area contributed by atoms with Crippen LogP contribution in [-0.4, -0.2) is 30.3 Å². The van der Waals surface area contributed by atoms with Crippen LogP contribution in [0.3, 0.4) is 0 Å². The zero-order valence-electron chi connectivity index (χ0n) is 9.30. The molecule has 0 aromatic heterocycles. The van der Waals surface area contributed by atoms with E-state index in [9.17, 15) is 13.2 Å². The predicted molar refractivity (Wildman–Crippen MR) is 55.6 cm³/mol. The van der Waals surface area contributed by atoms with Gasteiger partial charge in [0, 0.05) is 19.5 Å². The fraction of sp³-hybridized carbons (Fsp3) is 0.636. The number of halogens is 3. The second kappa shape index (κ2) is 3.60. The van der Waals surface area contributed by atoms with Crippen LogP contribution in [0, 0.1) is 5.92 Å². The molecule has 2 nitrogen and oxygen atoms in total. The van der Waals surface area contributed by atoms with Crippen molar-refractivity contribution >= 4 is 0 Å². The van der Waals surface area contributed by atoms with Crippen molar-refractivity contribution in [2.24, 2.45) is 5.92 Å². The number of fused-ring (bicyclic) bond motifs is 1. The van der Waals surface area contributed by atoms with Crippen LogP contribution in [-0.2, 0) is 0 Å². The molecule has 1 heterocycles. The van der Waals surface area contributed by atoms with Crippen molar-refractivity contribution in [1.29, 1.82) is 0 Å². The van der Waals surface area contributed by atoms with E-state index < -0.39 is 11.7 Å². The molecule has 2 aliphatic rings. The van der Waals surface area contributed by atoms with E-state index in [-0.39, 0.29) is 11.5 Å². The van der Waals surface area contributed by atoms with Crippen molar-refractivity contribution in [2.45, 2.75) is 25.1 Å². The Morgan fingerprint density at radius 2 is 2.19 bits per heavy atom. The lowest BCUT2D eigenvalue weighted by atomic mass is 9.76. The summed E-state index contributed by atoms with van der Waals surface area (Å²) in [6.45, 7) is 2.66. The van der Waals surface area contributed by atoms with Crippen molar-refractivity contribution in [3.8, 4) is 0 Å². The summed E-state index contributed by atoms with van der Waals surface area (Å²) in [5, 5.41) is 1.89. The van der Waals surface area contributed by atoms with Gasteiger partial charge in [0.1, 0.15) is 0 Å². The molecule has 90 valence electrons. The first-order valence-corrected chi connectivity index (χ1v) is 5.29. The third-order valence-corrected chi connectivity index (χ3v) is 3.59. The average Bonchev–Trinajstić information content (AvgIpc) is 2.18. The second-order valence-electron chi connectivity index (χ2n) is 4.54. The maximum Gasteiger partial charge on any atom is 0.416 e. The lowest BCUT2D eigenvalue weighted by Crippen LogP contribution is -2.59. The van der Waals surface area contributed by atoms with Crippen molar-refractivity contribution in [3.63, 3.8) is 0 Å². The van der Waals surface area contributed by atoms with E-state index >= 15 is 0 Å². The average molecular weight is 232 g/mol. The van der Waals surface area contributed by atoms with E-state index in [0.29, 0.717) is 6.54 Å². The van der Waals surface area contributed by atoms with E-state index in [1.54, 1.807) is 6.08 Å². The van der Waals surface area contributed by atoms with Crippen LogP contribution in [0.15, 0.2) is 23.8 Å². The van der Waals surface area contributed by atoms with Crippen LogP contribution in [0.25, 0.3) is 0 Å². The SMILES string of the molecule is CN1NCCC2C=C(C(F)(F)F)C=CC21C. The molecule has 1 fully saturated rings. The highest BCUT2D eigenvalue weighted by Gasteiger charge is 2.43. The van der Waals surface area contributed by atoms with Gasteiger partial charge in [-0.3, -0.25) is 5.43 Å². The summed E-state index contributed by atoms with van der Waals surface area (Å²) in [5.74, 6) is -0.0830. The largest absolute Gasteiger partial charge is 0.416 e. The number of hydrazine groups is 1. The first-order valence-electron chi connectivity index (χ1n) is 5.29. The van der Waals surface area contributed by atoms with Gasteiger partial charge in [-0.2, -0.15) is 13.2 Å². The van der Waals surface area contributed by atoms with Crippen molar-refractivity contribution < 1.29 is 13.2 Å². The molecule has 1 N–H and O–H groups in total. The molecule has 0 amide bonds. The third-order valence-electron chi connectivity index (χ3n) is 3.59. The standard InChI is InChI=1S/C11H15F3N2/c1-10-5-3-9(11(12,13)14)7-8(10)4-6-15-16(10)2/h3,5,7-8,15H,4,6H2,1-2H3. The summed E-state index contributed by atoms with van der Waals surface area (Å²) in [7, 11) is 1.86. The molecule has 0 spiro atoms. The number of nitrogens with zero attached hydrogens (tertiary/aromatic N) is 1. The van der Waals surface area contributed by atoms with Crippen molar-refractivity contribution in [3.05, 3.63) is 23.8 Å². The van der Waals surface area contributed by atoms with Gasteiger partial charge in [0.25, 0.3) is 0 Å². The van der Waals surface area contributed by atoms with Gasteiger partial charge >= 0.3 is 6.18 Å². The molecular weight excluding hydrogens is 217 g/mol. The number of likely N-dealkylation sites (N-methyl/N-ethyl adjacent to an activating group) is 1. The lowest BCUT2D eigenvalue weighted by molar-refractivity contribution is -0.0902. The molecule has 5 heteroatoms. The van der Waals surface area contributed by atoms with Gasteiger partial charge in [0.05, 0.1) is 11.1 Å². The van der Waals surface area contributed by atoms with Crippen LogP contribution in [0.5, 0.6) is 0 Å². The zero-order valence-corrected chi connectivity index (χ0v) is 9.30. The maximum atomic E-state index is 12.6. The summed E-state index contributed by atoms with van der Waals surface area (Å²) in [6.07, 6.45) is 0.677. The highest BCUT2D eigenvalue weighted by atomic mass is 19.4. The molecule has 2 unspecified atom stereocenters. The topological polar surface area (TPSA) is 15.3 Å². The van der Waals surface area contributed by atoms with E-state index in [4.69, 9.17) is 0 Å². The summed E-state index contributed by atoms with van der Waals surface area (Å²) >= 11 is 0. The minimum Gasteiger partial charge on any atom is -0.255 e. The molecule has 1 aliphatic heterocycles. The molecule has 0 aromatic rings. The van der Waals surface area contributed by atoms with Crippen molar-refractivity contribution in [2.75, 3.05) is 13.6 Å². The fourth-order valence-electron chi connectivity index (χ4n) is 2.31. The summed E-state index contributed by atoms with van der Waals surface area (Å²) in [4.78, 5) is 0. The molecule has 0 bridgehead atoms. The summed E-state index contributed by atoms with van der Waals surface area (Å²) in [6, 6.07) is 0. The Morgan fingerprint density at radius 3 is 2.81 bits per heavy atom. The first-order chi connectivity index (χ1) is 7.34. The van der Waals surface area contributed by atoms with E-state index in [2.05, 4.69) is 5.43 Å². The highest BCUT2D eigenvalue weighted by Crippen LogP contribution is 2.39. The molecule has 0 radical (unpaired) electrons. The summed E-state index contributed by atoms with van der Waals surface area (Å²) < 4.78 is 37.7. The number of nitrogens with one attached hydrogen (secondary N) is 1. The van der Waals surface area contributed by atoms with Gasteiger partial charge < -0.3 is 0 Å². The first kappa shape index (κ1) is 11.7. The Morgan fingerprint density at radius 1 is 1.50 bits per heavy atom. The van der Waals surface area contributed by atoms with Crippen molar-refractivity contribution in [1.82, 2.24) is 10.4 Å². The molecule has 1 saturated heterocycles. The molecule has 1 aliphatic carbocycles. The molecule has 0 aromatic carbocycles. The van der Waals surface area contributed by atoms with Gasteiger partial charge in [-0.25, -0.2) is 5.01 Å². The van der Waals surface area contributed by atoms with Crippen LogP contribution < -0.4 is 5.43 Å². The number of hydrogen-bond donors (Lipinski definition) is 1. The Hall–Kier alpha value is -0.810. The minimum absolute atomic E-state index is 0.0830. The molecule has 0 saturated carbocycles. The van der Waals surface area contributed by atoms with Gasteiger partial charge in [-0.15, -0.1) is 0 Å². The van der Waals surface area contributed by atoms with Gasteiger partial charge in [0.2, 0.25) is 0 Å². The Bertz CT molecular complexity index is 346. The quantitative estimate of drug-likeness (QED) is 0.689. The van der Waals surface area contributed by atoms with Gasteiger partial charge in [-0.1, -0.05) is 18.2 Å². The third kappa shape index (κ3) is 1.78. The second-order valence-corrected chi connectivity index (χ2v) is 4.54. The van der Waals surface area contributed by atoms with Crippen LogP contribution in [0.4, 0.5) is 13.2 Å². The number of allylic oxidation sites excluding steroid dienone is 2. The smallest absolute Gasteiger partial charge is 0.255 e. The monoisotopic (exact) mass is 232 g/mol. The molecule has 16 heavy (non-hydrogen) atoms. The normalized spacial score (nSPS) is 35.8. The minimum atomic E-state index is -4.23. The zero-order chi connectivity index (χ0) is 12.0. The number of alkyl halides is 3. The number of rotatable bonds is 0. The van der Waals surface area contributed by atoms with E-state index in [1.165, 1.54) is 12.2 Å². The predicted octanol–water partition coefficient (Wildman–Crippen LogP) is 2.26. The lowest BCUT2D eigenvalue weighted by Gasteiger charge is -2.47. The molecule has 2 atom stereocenters. The Balaban J connectivity index is 2.30. The highest BCUT2D eigenvalue weighted by molar-refractivity contribution is 5.34. The van der Waals surface area contributed by atoms with E-state index in [0.717, 1.165) is 6.42 Å². The number of hydrogen-bond acceptors (Lipinski definition) is 2. The van der Waals surface area contributed by atoms with Gasteiger partial charge in [-0.05, 0) is 13.3 Å². The van der Waals surface area contributed by atoms with Crippen LogP contribution >= 0.6 is 0 Å². The van der Waals surface area contributed by atoms with Crippen LogP contribution in [0.2, 0.25) is 0 Å². The molecule has 2 rings (SSSR count). The maximum absolute atomic E-state index is 12.6. The Kier molecular flexibility index (Phi) is 2.62. The molecular formula is C11H15F3N2. The van der Waals surface area contributed by atoms with Gasteiger partial charge in [0.15, 0.2) is 0 Å². The fourth-order valence-corrected chi connectivity index (χ4v) is 2.31. The Labute approximate surface area is 92.8 Å². The van der Waals surface area contributed by atoms with Crippen LogP contribution in [0.1, 0.15) is 13.3 Å².